The SMILES string of the molecule is CC(=O)N[C@@H](Cc1c2ccccc2n2ccc3c4ccccc4[nH]c3c12)C(N)=O. The van der Waals surface area contributed by atoms with Crippen LogP contribution in [0.1, 0.15) is 12.5 Å². The summed E-state index contributed by atoms with van der Waals surface area (Å²) in [7, 11) is 0. The molecular formula is C23H20N4O2. The predicted octanol–water partition coefficient (Wildman–Crippen LogP) is 3.26. The van der Waals surface area contributed by atoms with Crippen molar-refractivity contribution in [1.82, 2.24) is 14.7 Å². The van der Waals surface area contributed by atoms with E-state index in [1.54, 1.807) is 0 Å². The van der Waals surface area contributed by atoms with Gasteiger partial charge in [-0.25, -0.2) is 0 Å². The van der Waals surface area contributed by atoms with Crippen LogP contribution in [0.25, 0.3) is 38.2 Å². The van der Waals surface area contributed by atoms with E-state index in [-0.39, 0.29) is 5.91 Å². The lowest BCUT2D eigenvalue weighted by Gasteiger charge is -2.14. The highest BCUT2D eigenvalue weighted by atomic mass is 16.2. The first-order chi connectivity index (χ1) is 14.0. The van der Waals surface area contributed by atoms with Gasteiger partial charge in [0.05, 0.1) is 16.6 Å². The summed E-state index contributed by atoms with van der Waals surface area (Å²) in [6.45, 7) is 1.39. The Labute approximate surface area is 166 Å². The lowest BCUT2D eigenvalue weighted by Crippen LogP contribution is -2.45. The Balaban J connectivity index is 1.86. The van der Waals surface area contributed by atoms with Gasteiger partial charge in [0.2, 0.25) is 11.8 Å². The molecule has 0 saturated heterocycles. The number of hydrogen-bond donors (Lipinski definition) is 3. The summed E-state index contributed by atoms with van der Waals surface area (Å²) >= 11 is 0. The number of benzene rings is 2. The van der Waals surface area contributed by atoms with Crippen LogP contribution in [0.5, 0.6) is 0 Å². The molecule has 5 aromatic rings. The van der Waals surface area contributed by atoms with Gasteiger partial charge in [0.25, 0.3) is 0 Å². The zero-order valence-electron chi connectivity index (χ0n) is 15.9. The fourth-order valence-electron chi connectivity index (χ4n) is 4.31. The summed E-state index contributed by atoms with van der Waals surface area (Å²) in [6.07, 6.45) is 2.38. The van der Waals surface area contributed by atoms with Crippen LogP contribution in [0.15, 0.2) is 60.8 Å². The van der Waals surface area contributed by atoms with Gasteiger partial charge in [0.1, 0.15) is 6.04 Å². The van der Waals surface area contributed by atoms with E-state index in [4.69, 9.17) is 5.73 Å². The first-order valence-corrected chi connectivity index (χ1v) is 9.52. The molecule has 29 heavy (non-hydrogen) atoms. The Morgan fingerprint density at radius 3 is 2.52 bits per heavy atom. The van der Waals surface area contributed by atoms with Gasteiger partial charge in [0.15, 0.2) is 0 Å². The van der Waals surface area contributed by atoms with Crippen molar-refractivity contribution in [2.24, 2.45) is 5.73 Å². The number of nitrogens with one attached hydrogen (secondary N) is 2. The highest BCUT2D eigenvalue weighted by Crippen LogP contribution is 2.35. The summed E-state index contributed by atoms with van der Waals surface area (Å²) < 4.78 is 2.13. The molecule has 0 spiro atoms. The van der Waals surface area contributed by atoms with Crippen molar-refractivity contribution in [3.63, 3.8) is 0 Å². The molecule has 2 amide bonds. The topological polar surface area (TPSA) is 92.4 Å². The van der Waals surface area contributed by atoms with Crippen LogP contribution >= 0.6 is 0 Å². The average Bonchev–Trinajstić information content (AvgIpc) is 3.23. The molecule has 0 fully saturated rings. The van der Waals surface area contributed by atoms with E-state index < -0.39 is 11.9 Å². The van der Waals surface area contributed by atoms with Crippen molar-refractivity contribution in [1.29, 1.82) is 0 Å². The van der Waals surface area contributed by atoms with E-state index in [0.717, 1.165) is 43.8 Å². The number of aromatic nitrogens is 2. The Kier molecular flexibility index (Phi) is 3.81. The maximum atomic E-state index is 12.0. The van der Waals surface area contributed by atoms with Gasteiger partial charge in [-0.3, -0.25) is 9.59 Å². The minimum absolute atomic E-state index is 0.280. The first-order valence-electron chi connectivity index (χ1n) is 9.52. The van der Waals surface area contributed by atoms with E-state index in [1.165, 1.54) is 6.92 Å². The number of carbonyl (C=O) groups is 2. The third-order valence-corrected chi connectivity index (χ3v) is 5.52. The number of aromatic amines is 1. The normalized spacial score (nSPS) is 12.7. The van der Waals surface area contributed by atoms with Crippen molar-refractivity contribution in [3.05, 3.63) is 66.4 Å². The maximum absolute atomic E-state index is 12.0. The number of H-pyrrole nitrogens is 1. The van der Waals surface area contributed by atoms with Gasteiger partial charge in [-0.15, -0.1) is 0 Å². The van der Waals surface area contributed by atoms with Gasteiger partial charge >= 0.3 is 0 Å². The second-order valence-electron chi connectivity index (χ2n) is 7.35. The number of hydrogen-bond acceptors (Lipinski definition) is 2. The fraction of sp³-hybridized carbons (Fsp3) is 0.130. The van der Waals surface area contributed by atoms with Gasteiger partial charge in [-0.1, -0.05) is 36.4 Å². The van der Waals surface area contributed by atoms with Gasteiger partial charge in [-0.05, 0) is 23.8 Å². The molecular weight excluding hydrogens is 364 g/mol. The quantitative estimate of drug-likeness (QED) is 0.444. The molecule has 0 radical (unpaired) electrons. The molecule has 0 aliphatic rings. The van der Waals surface area contributed by atoms with Gasteiger partial charge in [-0.2, -0.15) is 0 Å². The molecule has 2 aromatic carbocycles. The van der Waals surface area contributed by atoms with Crippen LogP contribution < -0.4 is 11.1 Å². The minimum atomic E-state index is -0.776. The van der Waals surface area contributed by atoms with Crippen LogP contribution in [-0.4, -0.2) is 27.2 Å². The largest absolute Gasteiger partial charge is 0.368 e. The number of amides is 2. The van der Waals surface area contributed by atoms with Crippen LogP contribution in [0.2, 0.25) is 0 Å². The van der Waals surface area contributed by atoms with Crippen molar-refractivity contribution >= 4 is 50.0 Å². The lowest BCUT2D eigenvalue weighted by atomic mass is 10.0. The van der Waals surface area contributed by atoms with Crippen LogP contribution in [0, 0.1) is 0 Å². The summed E-state index contributed by atoms with van der Waals surface area (Å²) in [5, 5.41) is 5.99. The fourth-order valence-corrected chi connectivity index (χ4v) is 4.31. The molecule has 0 saturated carbocycles. The number of rotatable bonds is 4. The summed E-state index contributed by atoms with van der Waals surface area (Å²) in [5.74, 6) is -0.829. The summed E-state index contributed by atoms with van der Waals surface area (Å²) in [5.41, 5.74) is 10.7. The third kappa shape index (κ3) is 2.64. The first kappa shape index (κ1) is 17.3. The second kappa shape index (κ2) is 6.38. The van der Waals surface area contributed by atoms with E-state index in [9.17, 15) is 9.59 Å². The molecule has 0 unspecified atom stereocenters. The predicted molar refractivity (Wildman–Crippen MR) is 115 cm³/mol. The molecule has 144 valence electrons. The number of primary amides is 1. The molecule has 3 aromatic heterocycles. The monoisotopic (exact) mass is 384 g/mol. The Bertz CT molecular complexity index is 1430. The standard InChI is InChI=1S/C23H20N4O2/c1-13(28)25-19(23(24)29)12-17-15-7-3-5-9-20(15)27-11-10-16-14-6-2-4-8-18(14)26-21(16)22(17)27/h2-11,19,26H,12H2,1H3,(H2,24,29)(H,25,28)/t19-/m0/s1. The molecule has 6 nitrogen and oxygen atoms in total. The smallest absolute Gasteiger partial charge is 0.240 e. The van der Waals surface area contributed by atoms with Gasteiger partial charge < -0.3 is 20.4 Å². The Hall–Kier alpha value is -3.80. The molecule has 0 aliphatic carbocycles. The van der Waals surface area contributed by atoms with Crippen LogP contribution in [0.4, 0.5) is 0 Å². The zero-order chi connectivity index (χ0) is 20.1. The highest BCUT2D eigenvalue weighted by molar-refractivity contribution is 6.15. The van der Waals surface area contributed by atoms with E-state index >= 15 is 0 Å². The number of fused-ring (bicyclic) bond motifs is 7. The average molecular weight is 384 g/mol. The van der Waals surface area contributed by atoms with E-state index in [0.29, 0.717) is 6.42 Å². The zero-order valence-corrected chi connectivity index (χ0v) is 15.9. The summed E-state index contributed by atoms with van der Waals surface area (Å²) in [6, 6.07) is 17.6. The minimum Gasteiger partial charge on any atom is -0.368 e. The molecule has 0 aliphatic heterocycles. The molecule has 3 heterocycles. The maximum Gasteiger partial charge on any atom is 0.240 e. The number of nitrogens with two attached hydrogens (primary N) is 1. The van der Waals surface area contributed by atoms with Crippen molar-refractivity contribution in [3.8, 4) is 0 Å². The summed E-state index contributed by atoms with van der Waals surface area (Å²) in [4.78, 5) is 27.2. The Morgan fingerprint density at radius 1 is 1.03 bits per heavy atom. The van der Waals surface area contributed by atoms with E-state index in [1.807, 2.05) is 30.3 Å². The van der Waals surface area contributed by atoms with Crippen LogP contribution in [0.3, 0.4) is 0 Å². The van der Waals surface area contributed by atoms with Crippen molar-refractivity contribution < 1.29 is 9.59 Å². The second-order valence-corrected chi connectivity index (χ2v) is 7.35. The molecule has 6 heteroatoms. The Morgan fingerprint density at radius 2 is 1.76 bits per heavy atom. The van der Waals surface area contributed by atoms with Crippen molar-refractivity contribution in [2.45, 2.75) is 19.4 Å². The molecule has 1 atom stereocenters. The molecule has 0 bridgehead atoms. The number of para-hydroxylation sites is 2. The lowest BCUT2D eigenvalue weighted by molar-refractivity contribution is -0.126. The van der Waals surface area contributed by atoms with Crippen LogP contribution in [-0.2, 0) is 16.0 Å². The number of nitrogens with zero attached hydrogens (tertiary/aromatic N) is 1. The highest BCUT2D eigenvalue weighted by Gasteiger charge is 2.23. The molecule has 4 N–H and O–H groups in total. The van der Waals surface area contributed by atoms with Gasteiger partial charge in [0, 0.05) is 41.2 Å². The molecule has 5 rings (SSSR count). The third-order valence-electron chi connectivity index (χ3n) is 5.52. The van der Waals surface area contributed by atoms with E-state index in [2.05, 4.69) is 45.2 Å². The number of pyridine rings is 1. The van der Waals surface area contributed by atoms with Crippen molar-refractivity contribution in [2.75, 3.05) is 0 Å². The number of carbonyl (C=O) groups excluding carboxylic acids is 2.